The summed E-state index contributed by atoms with van der Waals surface area (Å²) in [5, 5.41) is 2.44. The van der Waals surface area contributed by atoms with Crippen LogP contribution >= 0.6 is 34.8 Å². The normalized spacial score (nSPS) is 13.5. The van der Waals surface area contributed by atoms with Gasteiger partial charge in [0.2, 0.25) is 0 Å². The van der Waals surface area contributed by atoms with Crippen molar-refractivity contribution in [3.63, 3.8) is 0 Å². The maximum atomic E-state index is 12.2. The minimum absolute atomic E-state index is 0.286. The van der Waals surface area contributed by atoms with E-state index in [9.17, 15) is 4.79 Å². The predicted molar refractivity (Wildman–Crippen MR) is 114 cm³/mol. The summed E-state index contributed by atoms with van der Waals surface area (Å²) < 4.78 is 11.5. The largest absolute Gasteiger partial charge is 0.471 e. The fourth-order valence-corrected chi connectivity index (χ4v) is 4.31. The second-order valence-corrected chi connectivity index (χ2v) is 8.12. The number of unbranched alkanes of at least 4 members (excludes halogenated alkanes) is 1. The number of hydrogen-bond donors (Lipinski definition) is 0. The number of rotatable bonds is 4. The molecule has 146 valence electrons. The van der Waals surface area contributed by atoms with Gasteiger partial charge in [0.15, 0.2) is 6.73 Å². The number of nitrogens with zero attached hydrogens (tertiary/aromatic N) is 1. The monoisotopic (exact) mass is 437 g/mol. The quantitative estimate of drug-likeness (QED) is 0.439. The van der Waals surface area contributed by atoms with Gasteiger partial charge in [-0.3, -0.25) is 0 Å². The van der Waals surface area contributed by atoms with E-state index < -0.39 is 0 Å². The number of benzene rings is 2. The Bertz CT molecular complexity index is 1090. The van der Waals surface area contributed by atoms with Crippen LogP contribution in [0.4, 0.5) is 5.69 Å². The molecule has 4 rings (SSSR count). The Labute approximate surface area is 177 Å². The van der Waals surface area contributed by atoms with E-state index in [4.69, 9.17) is 44.0 Å². The molecule has 3 aromatic rings. The van der Waals surface area contributed by atoms with Crippen molar-refractivity contribution in [1.29, 1.82) is 0 Å². The van der Waals surface area contributed by atoms with Crippen LogP contribution in [0.1, 0.15) is 30.9 Å². The first kappa shape index (κ1) is 19.4. The molecule has 1 aromatic heterocycles. The predicted octanol–water partition coefficient (Wildman–Crippen LogP) is 6.45. The topological polar surface area (TPSA) is 42.7 Å². The Hall–Kier alpha value is -1.88. The van der Waals surface area contributed by atoms with Crippen LogP contribution in [0.2, 0.25) is 15.1 Å². The van der Waals surface area contributed by atoms with Crippen LogP contribution in [0.5, 0.6) is 5.75 Å². The van der Waals surface area contributed by atoms with Crippen molar-refractivity contribution in [3.05, 3.63) is 66.9 Å². The highest BCUT2D eigenvalue weighted by Gasteiger charge is 2.25. The summed E-state index contributed by atoms with van der Waals surface area (Å²) in [4.78, 5) is 14.2. The molecule has 0 saturated carbocycles. The van der Waals surface area contributed by atoms with E-state index in [2.05, 4.69) is 6.92 Å². The van der Waals surface area contributed by atoms with Crippen molar-refractivity contribution < 1.29 is 9.15 Å². The van der Waals surface area contributed by atoms with Gasteiger partial charge in [0.05, 0.1) is 17.1 Å². The number of hydrogen-bond acceptors (Lipinski definition) is 4. The molecule has 0 atom stereocenters. The van der Waals surface area contributed by atoms with E-state index in [-0.39, 0.29) is 12.4 Å². The van der Waals surface area contributed by atoms with Crippen LogP contribution in [-0.4, -0.2) is 6.73 Å². The number of halogens is 3. The Morgan fingerprint density at radius 2 is 1.82 bits per heavy atom. The third-order valence-electron chi connectivity index (χ3n) is 4.85. The van der Waals surface area contributed by atoms with Crippen molar-refractivity contribution in [1.82, 2.24) is 0 Å². The Morgan fingerprint density at radius 3 is 2.54 bits per heavy atom. The lowest BCUT2D eigenvalue weighted by Crippen LogP contribution is -2.32. The van der Waals surface area contributed by atoms with Crippen LogP contribution in [0, 0.1) is 0 Å². The molecule has 0 unspecified atom stereocenters. The average Bonchev–Trinajstić information content (AvgIpc) is 2.66. The molecule has 0 spiro atoms. The van der Waals surface area contributed by atoms with Crippen LogP contribution in [0.3, 0.4) is 0 Å². The van der Waals surface area contributed by atoms with Crippen molar-refractivity contribution in [3.8, 4) is 5.75 Å². The standard InChI is InChI=1S/C21H18Cl3NO3/c1-2-3-4-12-5-19(26)28-20-16(12)9-18(24)21-17(20)10-25(11-27-21)15-7-13(22)6-14(23)8-15/h5-9H,2-4,10-11H2,1H3. The Morgan fingerprint density at radius 1 is 1.07 bits per heavy atom. The summed E-state index contributed by atoms with van der Waals surface area (Å²) in [6.45, 7) is 2.86. The van der Waals surface area contributed by atoms with Crippen molar-refractivity contribution >= 4 is 51.5 Å². The number of ether oxygens (including phenoxy) is 1. The first-order chi connectivity index (χ1) is 13.5. The van der Waals surface area contributed by atoms with Gasteiger partial charge in [-0.1, -0.05) is 48.1 Å². The number of fused-ring (bicyclic) bond motifs is 3. The van der Waals surface area contributed by atoms with Crippen LogP contribution < -0.4 is 15.3 Å². The van der Waals surface area contributed by atoms with Gasteiger partial charge in [-0.25, -0.2) is 4.79 Å². The zero-order valence-corrected chi connectivity index (χ0v) is 17.5. The molecule has 0 radical (unpaired) electrons. The molecule has 0 amide bonds. The molecule has 7 heteroatoms. The highest BCUT2D eigenvalue weighted by atomic mass is 35.5. The summed E-state index contributed by atoms with van der Waals surface area (Å²) in [5.74, 6) is 0.550. The second-order valence-electron chi connectivity index (χ2n) is 6.84. The Kier molecular flexibility index (Phi) is 5.46. The maximum Gasteiger partial charge on any atom is 0.336 e. The van der Waals surface area contributed by atoms with Gasteiger partial charge in [-0.05, 0) is 42.7 Å². The van der Waals surface area contributed by atoms with E-state index >= 15 is 0 Å². The zero-order valence-electron chi connectivity index (χ0n) is 15.2. The summed E-state index contributed by atoms with van der Waals surface area (Å²) in [6, 6.07) is 8.69. The van der Waals surface area contributed by atoms with Crippen LogP contribution in [0.25, 0.3) is 11.0 Å². The SMILES string of the molecule is CCCCc1cc(=O)oc2c3c(c(Cl)cc12)OCN(c1cc(Cl)cc(Cl)c1)C3. The molecule has 0 bridgehead atoms. The molecule has 0 N–H and O–H groups in total. The lowest BCUT2D eigenvalue weighted by Gasteiger charge is -2.31. The van der Waals surface area contributed by atoms with Gasteiger partial charge >= 0.3 is 5.63 Å². The van der Waals surface area contributed by atoms with E-state index in [1.807, 2.05) is 23.1 Å². The van der Waals surface area contributed by atoms with Gasteiger partial charge in [0.25, 0.3) is 0 Å². The fourth-order valence-electron chi connectivity index (χ4n) is 3.51. The molecule has 2 aromatic carbocycles. The molecule has 0 fully saturated rings. The molecule has 0 saturated heterocycles. The van der Waals surface area contributed by atoms with Crippen LogP contribution in [-0.2, 0) is 13.0 Å². The highest BCUT2D eigenvalue weighted by molar-refractivity contribution is 6.35. The van der Waals surface area contributed by atoms with Crippen molar-refractivity contribution in [2.24, 2.45) is 0 Å². The molecule has 28 heavy (non-hydrogen) atoms. The first-order valence-corrected chi connectivity index (χ1v) is 10.2. The first-order valence-electron chi connectivity index (χ1n) is 9.08. The highest BCUT2D eigenvalue weighted by Crippen LogP contribution is 2.41. The molecule has 0 aliphatic carbocycles. The van der Waals surface area contributed by atoms with E-state index in [1.54, 1.807) is 12.1 Å². The summed E-state index contributed by atoms with van der Waals surface area (Å²) in [7, 11) is 0. The van der Waals surface area contributed by atoms with Gasteiger partial charge in [0, 0.05) is 27.2 Å². The van der Waals surface area contributed by atoms with Gasteiger partial charge in [0.1, 0.15) is 11.3 Å². The molecular weight excluding hydrogens is 421 g/mol. The lowest BCUT2D eigenvalue weighted by molar-refractivity contribution is 0.289. The smallest absolute Gasteiger partial charge is 0.336 e. The third kappa shape index (κ3) is 3.69. The minimum Gasteiger partial charge on any atom is -0.471 e. The third-order valence-corrected chi connectivity index (χ3v) is 5.56. The molecule has 4 nitrogen and oxygen atoms in total. The van der Waals surface area contributed by atoms with Gasteiger partial charge < -0.3 is 14.1 Å². The van der Waals surface area contributed by atoms with E-state index in [1.165, 1.54) is 0 Å². The Balaban J connectivity index is 1.84. The molecule has 1 aliphatic rings. The summed E-state index contributed by atoms with van der Waals surface area (Å²) in [6.07, 6.45) is 2.81. The zero-order chi connectivity index (χ0) is 19.8. The number of anilines is 1. The van der Waals surface area contributed by atoms with Gasteiger partial charge in [-0.2, -0.15) is 0 Å². The minimum atomic E-state index is -0.369. The fraction of sp³-hybridized carbons (Fsp3) is 0.286. The van der Waals surface area contributed by atoms with Crippen LogP contribution in [0.15, 0.2) is 39.5 Å². The summed E-state index contributed by atoms with van der Waals surface area (Å²) >= 11 is 18.8. The lowest BCUT2D eigenvalue weighted by atomic mass is 10.0. The number of aryl methyl sites for hydroxylation is 1. The second kappa shape index (κ2) is 7.86. The van der Waals surface area contributed by atoms with E-state index in [0.717, 1.165) is 41.5 Å². The van der Waals surface area contributed by atoms with Gasteiger partial charge in [-0.15, -0.1) is 0 Å². The van der Waals surface area contributed by atoms with Crippen molar-refractivity contribution in [2.45, 2.75) is 32.7 Å². The van der Waals surface area contributed by atoms with E-state index in [0.29, 0.717) is 32.9 Å². The molecule has 2 heterocycles. The molecule has 1 aliphatic heterocycles. The maximum absolute atomic E-state index is 12.2. The summed E-state index contributed by atoms with van der Waals surface area (Å²) in [5.41, 5.74) is 2.67. The average molecular weight is 439 g/mol. The molecular formula is C21H18Cl3NO3. The van der Waals surface area contributed by atoms with Crippen molar-refractivity contribution in [2.75, 3.05) is 11.6 Å².